The van der Waals surface area contributed by atoms with E-state index in [0.29, 0.717) is 11.8 Å². The fourth-order valence-corrected chi connectivity index (χ4v) is 2.41. The van der Waals surface area contributed by atoms with Gasteiger partial charge in [-0.15, -0.1) is 0 Å². The monoisotopic (exact) mass is 226 g/mol. The van der Waals surface area contributed by atoms with Crippen molar-refractivity contribution in [1.82, 2.24) is 4.90 Å². The lowest BCUT2D eigenvalue weighted by Gasteiger charge is -2.29. The van der Waals surface area contributed by atoms with E-state index in [-0.39, 0.29) is 18.7 Å². The summed E-state index contributed by atoms with van der Waals surface area (Å²) in [4.78, 5) is 23.9. The zero-order chi connectivity index (χ0) is 11.9. The molecule has 5 nitrogen and oxygen atoms in total. The van der Waals surface area contributed by atoms with Crippen LogP contribution in [-0.4, -0.2) is 35.7 Å². The first-order valence-corrected chi connectivity index (χ1v) is 5.71. The molecule has 0 bridgehead atoms. The third-order valence-electron chi connectivity index (χ3n) is 3.19. The zero-order valence-corrected chi connectivity index (χ0v) is 9.97. The van der Waals surface area contributed by atoms with E-state index in [4.69, 9.17) is 4.74 Å². The Morgan fingerprint density at radius 3 is 2.75 bits per heavy atom. The van der Waals surface area contributed by atoms with Crippen LogP contribution in [0.5, 0.6) is 0 Å². The van der Waals surface area contributed by atoms with Gasteiger partial charge in [0.25, 0.3) is 0 Å². The predicted octanol–water partition coefficient (Wildman–Crippen LogP) is 2.01. The zero-order valence-electron chi connectivity index (χ0n) is 9.97. The first-order chi connectivity index (χ1) is 7.42. The number of hydrogen-bond acceptors (Lipinski definition) is 4. The number of amides is 1. The van der Waals surface area contributed by atoms with Gasteiger partial charge in [-0.1, -0.05) is 5.18 Å². The summed E-state index contributed by atoms with van der Waals surface area (Å²) in [6.07, 6.45) is 0.813. The van der Waals surface area contributed by atoms with Crippen molar-refractivity contribution >= 4 is 6.09 Å². The van der Waals surface area contributed by atoms with E-state index >= 15 is 0 Å². The minimum Gasteiger partial charge on any atom is -0.444 e. The third-order valence-corrected chi connectivity index (χ3v) is 3.19. The molecule has 0 unspecified atom stereocenters. The molecule has 0 aromatic carbocycles. The third kappa shape index (κ3) is 2.18. The molecule has 0 aromatic rings. The van der Waals surface area contributed by atoms with Crippen LogP contribution in [0.25, 0.3) is 0 Å². The molecule has 1 aliphatic carbocycles. The van der Waals surface area contributed by atoms with Crippen LogP contribution >= 0.6 is 0 Å². The number of carbonyl (C=O) groups excluding carboxylic acids is 1. The van der Waals surface area contributed by atoms with Gasteiger partial charge in [-0.25, -0.2) is 4.79 Å². The Morgan fingerprint density at radius 2 is 2.19 bits per heavy atom. The van der Waals surface area contributed by atoms with Gasteiger partial charge in [0.1, 0.15) is 12.1 Å². The Hall–Kier alpha value is -1.13. The van der Waals surface area contributed by atoms with Crippen molar-refractivity contribution in [3.63, 3.8) is 0 Å². The highest BCUT2D eigenvalue weighted by molar-refractivity contribution is 5.69. The molecule has 90 valence electrons. The van der Waals surface area contributed by atoms with E-state index in [1.807, 2.05) is 20.8 Å². The molecule has 1 heterocycles. The summed E-state index contributed by atoms with van der Waals surface area (Å²) >= 11 is 0. The van der Waals surface area contributed by atoms with Gasteiger partial charge in [-0.3, -0.25) is 0 Å². The van der Waals surface area contributed by atoms with Crippen LogP contribution in [0.15, 0.2) is 5.18 Å². The minimum atomic E-state index is -0.483. The molecule has 1 saturated carbocycles. The highest BCUT2D eigenvalue weighted by Crippen LogP contribution is 2.49. The summed E-state index contributed by atoms with van der Waals surface area (Å²) in [5.74, 6) is 1.05. The molecule has 1 amide bonds. The van der Waals surface area contributed by atoms with Crippen LogP contribution < -0.4 is 0 Å². The molecule has 2 aliphatic rings. The molecule has 2 fully saturated rings. The Kier molecular flexibility index (Phi) is 2.64. The van der Waals surface area contributed by atoms with Crippen LogP contribution in [0.3, 0.4) is 0 Å². The lowest BCUT2D eigenvalue weighted by atomic mass is 10.2. The van der Waals surface area contributed by atoms with Crippen LogP contribution in [0.2, 0.25) is 0 Å². The van der Waals surface area contributed by atoms with Crippen LogP contribution in [0.4, 0.5) is 4.79 Å². The van der Waals surface area contributed by atoms with Crippen LogP contribution in [-0.2, 0) is 4.74 Å². The quantitative estimate of drug-likeness (QED) is 0.677. The van der Waals surface area contributed by atoms with E-state index in [0.717, 1.165) is 13.0 Å². The second-order valence-corrected chi connectivity index (χ2v) is 5.67. The van der Waals surface area contributed by atoms with Crippen molar-refractivity contribution in [2.45, 2.75) is 38.8 Å². The summed E-state index contributed by atoms with van der Waals surface area (Å²) < 4.78 is 5.31. The van der Waals surface area contributed by atoms with E-state index in [1.165, 1.54) is 0 Å². The lowest BCUT2D eigenvalue weighted by molar-refractivity contribution is 0.0200. The molecule has 1 saturated heterocycles. The highest BCUT2D eigenvalue weighted by atomic mass is 16.6. The van der Waals surface area contributed by atoms with Gasteiger partial charge < -0.3 is 9.64 Å². The normalized spacial score (nSPS) is 32.2. The number of carbonyl (C=O) groups is 1. The van der Waals surface area contributed by atoms with Gasteiger partial charge in [0.2, 0.25) is 0 Å². The maximum absolute atomic E-state index is 11.9. The molecule has 0 N–H and O–H groups in total. The fourth-order valence-electron chi connectivity index (χ4n) is 2.41. The van der Waals surface area contributed by atoms with E-state index in [2.05, 4.69) is 5.18 Å². The van der Waals surface area contributed by atoms with Gasteiger partial charge >= 0.3 is 6.09 Å². The van der Waals surface area contributed by atoms with Crippen molar-refractivity contribution in [2.75, 3.05) is 13.1 Å². The summed E-state index contributed by atoms with van der Waals surface area (Å²) in [6.45, 7) is 6.44. The molecule has 5 heteroatoms. The topological polar surface area (TPSA) is 59.0 Å². The number of fused-ring (bicyclic) bond motifs is 1. The lowest BCUT2D eigenvalue weighted by Crippen LogP contribution is -2.43. The molecule has 0 radical (unpaired) electrons. The summed E-state index contributed by atoms with van der Waals surface area (Å²) in [5.41, 5.74) is -0.483. The number of rotatable bonds is 2. The Labute approximate surface area is 95.1 Å². The molecule has 3 atom stereocenters. The van der Waals surface area contributed by atoms with Gasteiger partial charge in [0.05, 0.1) is 6.04 Å². The smallest absolute Gasteiger partial charge is 0.410 e. The maximum Gasteiger partial charge on any atom is 0.410 e. The average Bonchev–Trinajstić information content (AvgIpc) is 2.81. The molecule has 2 rings (SSSR count). The summed E-state index contributed by atoms with van der Waals surface area (Å²) in [7, 11) is 0. The van der Waals surface area contributed by atoms with Gasteiger partial charge in [-0.05, 0) is 39.0 Å². The Bertz CT molecular complexity index is 311. The van der Waals surface area contributed by atoms with E-state index in [9.17, 15) is 9.70 Å². The average molecular weight is 226 g/mol. The number of hydrogen-bond donors (Lipinski definition) is 0. The van der Waals surface area contributed by atoms with Crippen molar-refractivity contribution < 1.29 is 9.53 Å². The van der Waals surface area contributed by atoms with Crippen LogP contribution in [0, 0.1) is 16.7 Å². The number of nitrogens with zero attached hydrogens (tertiary/aromatic N) is 2. The largest absolute Gasteiger partial charge is 0.444 e. The molecular formula is C11H18N2O3. The van der Waals surface area contributed by atoms with Crippen molar-refractivity contribution in [3.8, 4) is 0 Å². The second kappa shape index (κ2) is 3.71. The predicted molar refractivity (Wildman–Crippen MR) is 59.0 cm³/mol. The Morgan fingerprint density at radius 1 is 1.50 bits per heavy atom. The number of piperidine rings is 1. The van der Waals surface area contributed by atoms with E-state index < -0.39 is 5.60 Å². The summed E-state index contributed by atoms with van der Waals surface area (Å²) in [6, 6.07) is -0.0302. The van der Waals surface area contributed by atoms with Crippen molar-refractivity contribution in [3.05, 3.63) is 4.91 Å². The van der Waals surface area contributed by atoms with Gasteiger partial charge in [0, 0.05) is 6.54 Å². The first kappa shape index (κ1) is 11.4. The second-order valence-electron chi connectivity index (χ2n) is 5.67. The first-order valence-electron chi connectivity index (χ1n) is 5.71. The fraction of sp³-hybridized carbons (Fsp3) is 0.909. The van der Waals surface area contributed by atoms with E-state index in [1.54, 1.807) is 4.90 Å². The molecule has 0 spiro atoms. The number of nitroso groups, excluding NO2 is 1. The van der Waals surface area contributed by atoms with Crippen molar-refractivity contribution in [1.29, 1.82) is 0 Å². The summed E-state index contributed by atoms with van der Waals surface area (Å²) in [5, 5.41) is 2.92. The van der Waals surface area contributed by atoms with Gasteiger partial charge in [-0.2, -0.15) is 4.91 Å². The van der Waals surface area contributed by atoms with Crippen molar-refractivity contribution in [2.24, 2.45) is 17.0 Å². The molecule has 16 heavy (non-hydrogen) atoms. The standard InChI is InChI=1S/C11H18N2O3/c1-11(2,3)16-10(14)13-6-7-4-8(7)9(13)5-12-15/h7-9H,4-6H2,1-3H3/t7-,8-,9+/m1/s1. The minimum absolute atomic E-state index is 0.0302. The molecule has 1 aliphatic heterocycles. The van der Waals surface area contributed by atoms with Gasteiger partial charge in [0.15, 0.2) is 0 Å². The Balaban J connectivity index is 1.98. The van der Waals surface area contributed by atoms with Crippen LogP contribution in [0.1, 0.15) is 27.2 Å². The SMILES string of the molecule is CC(C)(C)OC(=O)N1C[C@H]2C[C@H]2[C@@H]1CN=O. The highest BCUT2D eigenvalue weighted by Gasteiger charge is 2.54. The number of likely N-dealkylation sites (tertiary alicyclic amines) is 1. The maximum atomic E-state index is 11.9. The molecule has 0 aromatic heterocycles. The molecular weight excluding hydrogens is 208 g/mol. The number of ether oxygens (including phenoxy) is 1.